The van der Waals surface area contributed by atoms with Gasteiger partial charge in [-0.2, -0.15) is 0 Å². The Morgan fingerprint density at radius 3 is 3.00 bits per heavy atom. The molecule has 1 saturated carbocycles. The van der Waals surface area contributed by atoms with Crippen LogP contribution in [0.25, 0.3) is 0 Å². The summed E-state index contributed by atoms with van der Waals surface area (Å²) < 4.78 is 5.38. The molecule has 0 bridgehead atoms. The summed E-state index contributed by atoms with van der Waals surface area (Å²) in [6.45, 7) is 2.24. The van der Waals surface area contributed by atoms with E-state index in [1.54, 1.807) is 0 Å². The molecule has 0 radical (unpaired) electrons. The molecule has 0 saturated heterocycles. The van der Waals surface area contributed by atoms with Gasteiger partial charge in [0.15, 0.2) is 0 Å². The second kappa shape index (κ2) is 5.10. The van der Waals surface area contributed by atoms with Crippen molar-refractivity contribution in [2.75, 3.05) is 7.11 Å². The Morgan fingerprint density at radius 1 is 1.53 bits per heavy atom. The lowest BCUT2D eigenvalue weighted by Crippen LogP contribution is -2.29. The molecule has 1 N–H and O–H groups in total. The fraction of sp³-hybridized carbons (Fsp3) is 0.667. The summed E-state index contributed by atoms with van der Waals surface area (Å²) in [4.78, 5) is 1.43. The number of ether oxygens (including phenoxy) is 1. The van der Waals surface area contributed by atoms with E-state index < -0.39 is 0 Å². The lowest BCUT2D eigenvalue weighted by Gasteiger charge is -2.18. The molecule has 3 atom stereocenters. The summed E-state index contributed by atoms with van der Waals surface area (Å²) >= 11 is 1.83. The van der Waals surface area contributed by atoms with Gasteiger partial charge in [-0.3, -0.25) is 0 Å². The first kappa shape index (κ1) is 11.1. The van der Waals surface area contributed by atoms with Crippen LogP contribution in [0, 0.1) is 0 Å². The van der Waals surface area contributed by atoms with E-state index in [2.05, 4.69) is 29.8 Å². The normalized spacial score (nSPS) is 28.1. The minimum Gasteiger partial charge on any atom is -0.381 e. The summed E-state index contributed by atoms with van der Waals surface area (Å²) in [6, 6.07) is 5.42. The molecule has 2 rings (SSSR count). The van der Waals surface area contributed by atoms with Crippen molar-refractivity contribution in [3.8, 4) is 0 Å². The Balaban J connectivity index is 1.83. The number of hydrogen-bond acceptors (Lipinski definition) is 3. The minimum atomic E-state index is 0.470. The van der Waals surface area contributed by atoms with Gasteiger partial charge in [0.2, 0.25) is 0 Å². The fourth-order valence-corrected chi connectivity index (χ4v) is 3.02. The van der Waals surface area contributed by atoms with Gasteiger partial charge in [0, 0.05) is 24.1 Å². The zero-order valence-corrected chi connectivity index (χ0v) is 10.2. The van der Waals surface area contributed by atoms with Gasteiger partial charge >= 0.3 is 0 Å². The molecule has 84 valence electrons. The van der Waals surface area contributed by atoms with Crippen molar-refractivity contribution in [2.45, 2.75) is 44.4 Å². The molecule has 1 aliphatic carbocycles. The van der Waals surface area contributed by atoms with Gasteiger partial charge in [0.25, 0.3) is 0 Å². The highest BCUT2D eigenvalue weighted by molar-refractivity contribution is 7.10. The van der Waals surface area contributed by atoms with Crippen LogP contribution < -0.4 is 5.32 Å². The van der Waals surface area contributed by atoms with Crippen molar-refractivity contribution < 1.29 is 4.74 Å². The highest BCUT2D eigenvalue weighted by atomic mass is 32.1. The molecule has 15 heavy (non-hydrogen) atoms. The van der Waals surface area contributed by atoms with Crippen LogP contribution in [-0.4, -0.2) is 19.3 Å². The first-order chi connectivity index (χ1) is 7.29. The second-order valence-corrected chi connectivity index (χ2v) is 5.25. The van der Waals surface area contributed by atoms with Crippen LogP contribution in [0.3, 0.4) is 0 Å². The van der Waals surface area contributed by atoms with Gasteiger partial charge in [0.05, 0.1) is 6.10 Å². The third-order valence-electron chi connectivity index (χ3n) is 3.17. The van der Waals surface area contributed by atoms with E-state index >= 15 is 0 Å². The van der Waals surface area contributed by atoms with Crippen LogP contribution in [0.4, 0.5) is 0 Å². The fourth-order valence-electron chi connectivity index (χ4n) is 2.28. The van der Waals surface area contributed by atoms with E-state index in [0.29, 0.717) is 18.2 Å². The van der Waals surface area contributed by atoms with Crippen molar-refractivity contribution in [1.29, 1.82) is 0 Å². The lowest BCUT2D eigenvalue weighted by molar-refractivity contribution is 0.106. The van der Waals surface area contributed by atoms with Gasteiger partial charge < -0.3 is 10.1 Å². The van der Waals surface area contributed by atoms with Crippen LogP contribution in [0.15, 0.2) is 17.5 Å². The van der Waals surface area contributed by atoms with Crippen molar-refractivity contribution in [2.24, 2.45) is 0 Å². The Labute approximate surface area is 95.6 Å². The third-order valence-corrected chi connectivity index (χ3v) is 4.23. The molecule has 0 amide bonds. The number of hydrogen-bond donors (Lipinski definition) is 1. The summed E-state index contributed by atoms with van der Waals surface area (Å²) in [5, 5.41) is 5.81. The highest BCUT2D eigenvalue weighted by Crippen LogP contribution is 2.25. The predicted molar refractivity (Wildman–Crippen MR) is 64.3 cm³/mol. The number of rotatable bonds is 4. The maximum atomic E-state index is 5.38. The maximum Gasteiger partial charge on any atom is 0.0586 e. The molecular formula is C12H19NOS. The SMILES string of the molecule is COC1CCC(NC(C)c2cccs2)C1. The van der Waals surface area contributed by atoms with Gasteiger partial charge in [-0.1, -0.05) is 6.07 Å². The summed E-state index contributed by atoms with van der Waals surface area (Å²) in [6.07, 6.45) is 4.07. The monoisotopic (exact) mass is 225 g/mol. The zero-order valence-electron chi connectivity index (χ0n) is 9.40. The molecule has 1 aliphatic rings. The zero-order chi connectivity index (χ0) is 10.7. The van der Waals surface area contributed by atoms with E-state index in [0.717, 1.165) is 6.42 Å². The van der Waals surface area contributed by atoms with E-state index in [4.69, 9.17) is 4.74 Å². The van der Waals surface area contributed by atoms with Crippen LogP contribution in [0.5, 0.6) is 0 Å². The Bertz CT molecular complexity index is 286. The first-order valence-electron chi connectivity index (χ1n) is 5.62. The van der Waals surface area contributed by atoms with Crippen molar-refractivity contribution in [1.82, 2.24) is 5.32 Å². The third kappa shape index (κ3) is 2.80. The van der Waals surface area contributed by atoms with Crippen molar-refractivity contribution >= 4 is 11.3 Å². The van der Waals surface area contributed by atoms with Gasteiger partial charge in [-0.05, 0) is 37.6 Å². The molecule has 1 fully saturated rings. The van der Waals surface area contributed by atoms with E-state index in [1.165, 1.54) is 17.7 Å². The molecule has 3 unspecified atom stereocenters. The standard InChI is InChI=1S/C12H19NOS/c1-9(12-4-3-7-15-12)13-10-5-6-11(8-10)14-2/h3-4,7,9-11,13H,5-6,8H2,1-2H3. The quantitative estimate of drug-likeness (QED) is 0.850. The first-order valence-corrected chi connectivity index (χ1v) is 6.50. The van der Waals surface area contributed by atoms with Crippen LogP contribution in [0.1, 0.15) is 37.1 Å². The largest absolute Gasteiger partial charge is 0.381 e. The molecule has 0 aliphatic heterocycles. The Hall–Kier alpha value is -0.380. The molecule has 1 aromatic heterocycles. The van der Waals surface area contributed by atoms with Gasteiger partial charge in [-0.25, -0.2) is 0 Å². The van der Waals surface area contributed by atoms with E-state index in [-0.39, 0.29) is 0 Å². The van der Waals surface area contributed by atoms with E-state index in [1.807, 2.05) is 18.4 Å². The number of methoxy groups -OCH3 is 1. The molecule has 2 nitrogen and oxygen atoms in total. The summed E-state index contributed by atoms with van der Waals surface area (Å²) in [5.74, 6) is 0. The average Bonchev–Trinajstić information content (AvgIpc) is 2.87. The van der Waals surface area contributed by atoms with Gasteiger partial charge in [0.1, 0.15) is 0 Å². The Morgan fingerprint density at radius 2 is 2.40 bits per heavy atom. The topological polar surface area (TPSA) is 21.3 Å². The second-order valence-electron chi connectivity index (χ2n) is 4.27. The predicted octanol–water partition coefficient (Wildman–Crippen LogP) is 2.97. The van der Waals surface area contributed by atoms with Crippen LogP contribution >= 0.6 is 11.3 Å². The van der Waals surface area contributed by atoms with Crippen molar-refractivity contribution in [3.63, 3.8) is 0 Å². The Kier molecular flexibility index (Phi) is 3.78. The lowest BCUT2D eigenvalue weighted by atomic mass is 10.2. The summed E-state index contributed by atoms with van der Waals surface area (Å²) in [5.41, 5.74) is 0. The van der Waals surface area contributed by atoms with Gasteiger partial charge in [-0.15, -0.1) is 11.3 Å². The average molecular weight is 225 g/mol. The minimum absolute atomic E-state index is 0.470. The molecule has 3 heteroatoms. The molecular weight excluding hydrogens is 206 g/mol. The molecule has 0 aromatic carbocycles. The van der Waals surface area contributed by atoms with Crippen LogP contribution in [-0.2, 0) is 4.74 Å². The summed E-state index contributed by atoms with van der Waals surface area (Å²) in [7, 11) is 1.82. The smallest absolute Gasteiger partial charge is 0.0586 e. The maximum absolute atomic E-state index is 5.38. The highest BCUT2D eigenvalue weighted by Gasteiger charge is 2.25. The van der Waals surface area contributed by atoms with E-state index in [9.17, 15) is 0 Å². The molecule has 0 spiro atoms. The molecule has 1 heterocycles. The van der Waals surface area contributed by atoms with Crippen LogP contribution in [0.2, 0.25) is 0 Å². The number of thiophene rings is 1. The van der Waals surface area contributed by atoms with Crippen molar-refractivity contribution in [3.05, 3.63) is 22.4 Å². The number of nitrogens with one attached hydrogen (secondary N) is 1. The molecule has 1 aromatic rings.